The molecule has 0 radical (unpaired) electrons. The molecule has 0 spiro atoms. The number of carbonyl (C=O) groups excluding carboxylic acids is 2. The van der Waals surface area contributed by atoms with Crippen LogP contribution in [0.15, 0.2) is 77.3 Å². The highest BCUT2D eigenvalue weighted by atomic mass is 79.9. The van der Waals surface area contributed by atoms with Crippen molar-refractivity contribution in [2.24, 2.45) is 0 Å². The van der Waals surface area contributed by atoms with Crippen LogP contribution < -0.4 is 20.3 Å². The molecule has 7 nitrogen and oxygen atoms in total. The van der Waals surface area contributed by atoms with Crippen molar-refractivity contribution in [3.05, 3.63) is 94.0 Å². The third kappa shape index (κ3) is 6.57. The Balaban J connectivity index is 1.65. The summed E-state index contributed by atoms with van der Waals surface area (Å²) in [7, 11) is 1.56. The highest BCUT2D eigenvalue weighted by molar-refractivity contribution is 9.10. The van der Waals surface area contributed by atoms with E-state index in [-0.39, 0.29) is 12.2 Å². The van der Waals surface area contributed by atoms with Crippen molar-refractivity contribution in [1.29, 1.82) is 0 Å². The summed E-state index contributed by atoms with van der Waals surface area (Å²) in [6.07, 6.45) is 0. The molecule has 0 atom stereocenters. The topological polar surface area (TPSA) is 85.9 Å². The van der Waals surface area contributed by atoms with E-state index >= 15 is 0 Å². The quantitative estimate of drug-likeness (QED) is 0.342. The summed E-state index contributed by atoms with van der Waals surface area (Å²) in [5, 5.41) is 0. The van der Waals surface area contributed by atoms with Crippen molar-refractivity contribution in [1.82, 2.24) is 10.9 Å². The summed E-state index contributed by atoms with van der Waals surface area (Å²) in [4.78, 5) is 25.4. The van der Waals surface area contributed by atoms with Crippen LogP contribution >= 0.6 is 15.9 Å². The van der Waals surface area contributed by atoms with Gasteiger partial charge in [0.2, 0.25) is 0 Å². The van der Waals surface area contributed by atoms with E-state index in [1.54, 1.807) is 49.6 Å². The van der Waals surface area contributed by atoms with Crippen molar-refractivity contribution in [2.45, 2.75) is 6.61 Å². The average molecular weight is 499 g/mol. The van der Waals surface area contributed by atoms with Gasteiger partial charge in [0, 0.05) is 11.6 Å². The molecule has 0 unspecified atom stereocenters. The number of halogens is 1. The van der Waals surface area contributed by atoms with Crippen molar-refractivity contribution < 1.29 is 23.8 Å². The summed E-state index contributed by atoms with van der Waals surface area (Å²) in [6, 6.07) is 21.5. The normalized spacial score (nSPS) is 10.3. The third-order valence-electron chi connectivity index (χ3n) is 4.39. The van der Waals surface area contributed by atoms with Crippen LogP contribution in [-0.2, 0) is 11.3 Å². The Hall–Kier alpha value is -3.36. The van der Waals surface area contributed by atoms with Crippen LogP contribution in [0.5, 0.6) is 11.5 Å². The Bertz CT molecular complexity index is 1060. The fourth-order valence-corrected chi connectivity index (χ4v) is 3.17. The highest BCUT2D eigenvalue weighted by Crippen LogP contribution is 2.23. The summed E-state index contributed by atoms with van der Waals surface area (Å²) in [5.74, 6) is -0.230. The number of hydrazine groups is 1. The van der Waals surface area contributed by atoms with Gasteiger partial charge in [-0.1, -0.05) is 58.4 Å². The zero-order valence-electron chi connectivity index (χ0n) is 17.5. The second-order valence-electron chi connectivity index (χ2n) is 6.66. The lowest BCUT2D eigenvalue weighted by Crippen LogP contribution is -2.41. The molecule has 2 amide bonds. The number of amides is 2. The lowest BCUT2D eigenvalue weighted by Gasteiger charge is -2.14. The minimum absolute atomic E-state index is 0.268. The van der Waals surface area contributed by atoms with E-state index in [1.165, 1.54) is 0 Å². The number of para-hydroxylation sites is 1. The van der Waals surface area contributed by atoms with Gasteiger partial charge < -0.3 is 14.2 Å². The molecule has 32 heavy (non-hydrogen) atoms. The van der Waals surface area contributed by atoms with Crippen molar-refractivity contribution >= 4 is 27.7 Å². The van der Waals surface area contributed by atoms with E-state index in [9.17, 15) is 9.59 Å². The van der Waals surface area contributed by atoms with E-state index in [1.807, 2.05) is 30.3 Å². The second-order valence-corrected chi connectivity index (χ2v) is 7.58. The molecular formula is C24H23BrN2O5. The lowest BCUT2D eigenvalue weighted by atomic mass is 10.2. The van der Waals surface area contributed by atoms with Crippen molar-refractivity contribution in [3.63, 3.8) is 0 Å². The van der Waals surface area contributed by atoms with Crippen LogP contribution in [0.3, 0.4) is 0 Å². The number of benzene rings is 3. The van der Waals surface area contributed by atoms with Gasteiger partial charge in [-0.25, -0.2) is 0 Å². The number of nitrogens with one attached hydrogen (secondary N) is 2. The second kappa shape index (κ2) is 11.9. The summed E-state index contributed by atoms with van der Waals surface area (Å²) < 4.78 is 17.1. The van der Waals surface area contributed by atoms with Crippen LogP contribution in [-0.4, -0.2) is 32.1 Å². The predicted octanol–water partition coefficient (Wildman–Crippen LogP) is 4.13. The smallest absolute Gasteiger partial charge is 0.273 e. The molecule has 0 aromatic heterocycles. The maximum absolute atomic E-state index is 12.7. The Morgan fingerprint density at radius 1 is 0.781 bits per heavy atom. The van der Waals surface area contributed by atoms with Gasteiger partial charge >= 0.3 is 0 Å². The van der Waals surface area contributed by atoms with Crippen LogP contribution in [0.4, 0.5) is 0 Å². The number of ether oxygens (including phenoxy) is 3. The molecule has 0 aliphatic rings. The van der Waals surface area contributed by atoms with E-state index in [0.717, 1.165) is 5.56 Å². The molecule has 0 fully saturated rings. The lowest BCUT2D eigenvalue weighted by molar-refractivity contribution is 0.0840. The van der Waals surface area contributed by atoms with Crippen molar-refractivity contribution in [3.8, 4) is 11.5 Å². The molecule has 0 saturated carbocycles. The molecule has 0 aliphatic heterocycles. The first-order valence-electron chi connectivity index (χ1n) is 9.86. The van der Waals surface area contributed by atoms with E-state index < -0.39 is 11.8 Å². The summed E-state index contributed by atoms with van der Waals surface area (Å²) >= 11 is 3.35. The van der Waals surface area contributed by atoms with E-state index in [4.69, 9.17) is 14.2 Å². The number of methoxy groups -OCH3 is 1. The summed E-state index contributed by atoms with van der Waals surface area (Å²) in [5.41, 5.74) is 6.41. The van der Waals surface area contributed by atoms with Gasteiger partial charge in [-0.2, -0.15) is 0 Å². The van der Waals surface area contributed by atoms with Crippen LogP contribution in [0, 0.1) is 0 Å². The van der Waals surface area contributed by atoms with Gasteiger partial charge in [0.25, 0.3) is 11.8 Å². The minimum atomic E-state index is -0.519. The molecule has 8 heteroatoms. The molecule has 2 N–H and O–H groups in total. The van der Waals surface area contributed by atoms with Gasteiger partial charge in [0.05, 0.1) is 17.7 Å². The standard InChI is InChI=1S/C24H23BrN2O5/c1-30-13-14-31-22-12-11-18(25)15-20(22)24(29)27-26-23(28)19-9-5-6-10-21(19)32-16-17-7-3-2-4-8-17/h2-12,15H,13-14,16H2,1H3,(H,26,28)(H,27,29). The molecule has 3 rings (SSSR count). The van der Waals surface area contributed by atoms with E-state index in [0.29, 0.717) is 34.7 Å². The van der Waals surface area contributed by atoms with Crippen LogP contribution in [0.2, 0.25) is 0 Å². The van der Waals surface area contributed by atoms with Crippen LogP contribution in [0.1, 0.15) is 26.3 Å². The molecule has 3 aromatic rings. The molecule has 0 bridgehead atoms. The maximum atomic E-state index is 12.7. The fraction of sp³-hybridized carbons (Fsp3) is 0.167. The van der Waals surface area contributed by atoms with Gasteiger partial charge in [0.15, 0.2) is 0 Å². The molecule has 0 saturated heterocycles. The first-order valence-corrected chi connectivity index (χ1v) is 10.7. The number of carbonyl (C=O) groups is 2. The average Bonchev–Trinajstić information content (AvgIpc) is 2.83. The number of rotatable bonds is 9. The Kier molecular flexibility index (Phi) is 8.65. The first kappa shape index (κ1) is 23.3. The van der Waals surface area contributed by atoms with Crippen molar-refractivity contribution in [2.75, 3.05) is 20.3 Å². The Morgan fingerprint density at radius 2 is 1.44 bits per heavy atom. The SMILES string of the molecule is COCCOc1ccc(Br)cc1C(=O)NNC(=O)c1ccccc1OCc1ccccc1. The summed E-state index contributed by atoms with van der Waals surface area (Å²) in [6.45, 7) is 0.988. The Labute approximate surface area is 194 Å². The monoisotopic (exact) mass is 498 g/mol. The molecule has 3 aromatic carbocycles. The zero-order chi connectivity index (χ0) is 22.8. The maximum Gasteiger partial charge on any atom is 0.273 e. The third-order valence-corrected chi connectivity index (χ3v) is 4.88. The minimum Gasteiger partial charge on any atom is -0.490 e. The first-order chi connectivity index (χ1) is 15.6. The predicted molar refractivity (Wildman–Crippen MR) is 124 cm³/mol. The molecule has 0 aliphatic carbocycles. The van der Waals surface area contributed by atoms with Gasteiger partial charge in [0.1, 0.15) is 24.7 Å². The largest absolute Gasteiger partial charge is 0.490 e. The van der Waals surface area contributed by atoms with E-state index in [2.05, 4.69) is 26.8 Å². The van der Waals surface area contributed by atoms with Crippen LogP contribution in [0.25, 0.3) is 0 Å². The van der Waals surface area contributed by atoms with Gasteiger partial charge in [-0.15, -0.1) is 0 Å². The molecule has 166 valence electrons. The zero-order valence-corrected chi connectivity index (χ0v) is 19.1. The Morgan fingerprint density at radius 3 is 2.19 bits per heavy atom. The van der Waals surface area contributed by atoms with Gasteiger partial charge in [-0.05, 0) is 35.9 Å². The molecule has 0 heterocycles. The van der Waals surface area contributed by atoms with Gasteiger partial charge in [-0.3, -0.25) is 20.4 Å². The number of hydrogen-bond donors (Lipinski definition) is 2. The molecular weight excluding hydrogens is 476 g/mol. The highest BCUT2D eigenvalue weighted by Gasteiger charge is 2.17. The number of hydrogen-bond acceptors (Lipinski definition) is 5. The fourth-order valence-electron chi connectivity index (χ4n) is 2.80.